The van der Waals surface area contributed by atoms with Crippen LogP contribution in [-0.2, 0) is 20.9 Å². The number of imide groups is 1. The first-order valence-electron chi connectivity index (χ1n) is 11.8. The monoisotopic (exact) mass is 459 g/mol. The molecule has 7 nitrogen and oxygen atoms in total. The number of nitrogens with zero attached hydrogens (tertiary/aromatic N) is 2. The number of nitrogens with one attached hydrogen (secondary N) is 1. The molecule has 3 heterocycles. The first-order valence-corrected chi connectivity index (χ1v) is 12.8. The number of fused-ring (bicyclic) bond motifs is 1. The first kappa shape index (κ1) is 23.3. The van der Waals surface area contributed by atoms with Crippen molar-refractivity contribution >= 4 is 29.5 Å². The number of unbranched alkanes of at least 4 members (excludes halogenated alkanes) is 4. The van der Waals surface area contributed by atoms with Gasteiger partial charge in [0, 0.05) is 36.5 Å². The average Bonchev–Trinajstić information content (AvgIpc) is 3.12. The maximum Gasteiger partial charge on any atom is 0.255 e. The van der Waals surface area contributed by atoms with Gasteiger partial charge in [-0.3, -0.25) is 24.6 Å². The van der Waals surface area contributed by atoms with E-state index in [2.05, 4.69) is 16.3 Å². The molecule has 174 valence electrons. The van der Waals surface area contributed by atoms with Crippen LogP contribution in [0.5, 0.6) is 0 Å². The number of piperidine rings is 1. The Morgan fingerprint density at radius 1 is 1.03 bits per heavy atom. The highest BCUT2D eigenvalue weighted by Gasteiger charge is 2.39. The minimum absolute atomic E-state index is 0.108. The lowest BCUT2D eigenvalue weighted by Gasteiger charge is -2.29. The number of rotatable bonds is 10. The van der Waals surface area contributed by atoms with Gasteiger partial charge in [-0.25, -0.2) is 0 Å². The number of carbonyl (C=O) groups excluding carboxylic acids is 3. The third-order valence-corrected chi connectivity index (χ3v) is 7.57. The van der Waals surface area contributed by atoms with Gasteiger partial charge in [-0.05, 0) is 55.3 Å². The Kier molecular flexibility index (Phi) is 8.21. The summed E-state index contributed by atoms with van der Waals surface area (Å²) in [6.45, 7) is 5.55. The number of ether oxygens (including phenoxy) is 1. The number of thioether (sulfide) groups is 1. The molecule has 0 radical (unpaired) electrons. The maximum atomic E-state index is 12.8. The molecule has 2 saturated heterocycles. The SMILES string of the molecule is O=C1CCC(N2Cc3cc(SCCCCCCCN4CCOCC4)ccc3C2=O)C(=O)N1. The summed E-state index contributed by atoms with van der Waals surface area (Å²) in [5.41, 5.74) is 1.66. The number of benzene rings is 1. The summed E-state index contributed by atoms with van der Waals surface area (Å²) in [6.07, 6.45) is 6.98. The summed E-state index contributed by atoms with van der Waals surface area (Å²) < 4.78 is 5.39. The lowest BCUT2D eigenvalue weighted by molar-refractivity contribution is -0.136. The van der Waals surface area contributed by atoms with Crippen LogP contribution in [0.15, 0.2) is 23.1 Å². The molecule has 1 unspecified atom stereocenters. The number of hydrogen-bond acceptors (Lipinski definition) is 6. The quantitative estimate of drug-likeness (QED) is 0.329. The number of carbonyl (C=O) groups is 3. The molecule has 32 heavy (non-hydrogen) atoms. The summed E-state index contributed by atoms with van der Waals surface area (Å²) >= 11 is 1.84. The number of amides is 3. The first-order chi connectivity index (χ1) is 15.6. The molecule has 0 aliphatic carbocycles. The summed E-state index contributed by atoms with van der Waals surface area (Å²) in [5.74, 6) is 0.351. The van der Waals surface area contributed by atoms with Gasteiger partial charge in [0.25, 0.3) is 5.91 Å². The van der Waals surface area contributed by atoms with E-state index >= 15 is 0 Å². The molecule has 0 spiro atoms. The van der Waals surface area contributed by atoms with E-state index < -0.39 is 6.04 Å². The van der Waals surface area contributed by atoms with E-state index in [-0.39, 0.29) is 24.1 Å². The van der Waals surface area contributed by atoms with Crippen LogP contribution in [0.25, 0.3) is 0 Å². The Hall–Kier alpha value is -1.90. The van der Waals surface area contributed by atoms with Gasteiger partial charge in [-0.2, -0.15) is 0 Å². The van der Waals surface area contributed by atoms with Gasteiger partial charge in [0.1, 0.15) is 6.04 Å². The van der Waals surface area contributed by atoms with Gasteiger partial charge in [0.2, 0.25) is 11.8 Å². The number of morpholine rings is 1. The Balaban J connectivity index is 1.15. The third-order valence-electron chi connectivity index (χ3n) is 6.49. The minimum atomic E-state index is -0.549. The van der Waals surface area contributed by atoms with Gasteiger partial charge in [-0.1, -0.05) is 19.3 Å². The van der Waals surface area contributed by atoms with E-state index in [0.29, 0.717) is 18.5 Å². The van der Waals surface area contributed by atoms with Crippen LogP contribution in [0.1, 0.15) is 60.9 Å². The van der Waals surface area contributed by atoms with E-state index in [1.807, 2.05) is 23.9 Å². The van der Waals surface area contributed by atoms with Crippen molar-refractivity contribution in [3.63, 3.8) is 0 Å². The molecule has 1 N–H and O–H groups in total. The van der Waals surface area contributed by atoms with Crippen molar-refractivity contribution in [1.82, 2.24) is 15.1 Å². The number of hydrogen-bond donors (Lipinski definition) is 1. The van der Waals surface area contributed by atoms with E-state index in [9.17, 15) is 14.4 Å². The van der Waals surface area contributed by atoms with Gasteiger partial charge in [0.05, 0.1) is 13.2 Å². The van der Waals surface area contributed by atoms with Crippen molar-refractivity contribution < 1.29 is 19.1 Å². The highest BCUT2D eigenvalue weighted by Crippen LogP contribution is 2.31. The lowest BCUT2D eigenvalue weighted by Crippen LogP contribution is -2.52. The van der Waals surface area contributed by atoms with Crippen LogP contribution in [0, 0.1) is 0 Å². The van der Waals surface area contributed by atoms with Crippen molar-refractivity contribution in [3.05, 3.63) is 29.3 Å². The second-order valence-electron chi connectivity index (χ2n) is 8.79. The fourth-order valence-corrected chi connectivity index (χ4v) is 5.60. The molecule has 2 fully saturated rings. The van der Waals surface area contributed by atoms with Crippen LogP contribution >= 0.6 is 11.8 Å². The van der Waals surface area contributed by atoms with Crippen LogP contribution in [0.3, 0.4) is 0 Å². The molecule has 3 aliphatic rings. The zero-order valence-corrected chi connectivity index (χ0v) is 19.5. The van der Waals surface area contributed by atoms with E-state index in [4.69, 9.17) is 4.74 Å². The molecule has 1 atom stereocenters. The van der Waals surface area contributed by atoms with Gasteiger partial charge in [-0.15, -0.1) is 11.8 Å². The fourth-order valence-electron chi connectivity index (χ4n) is 4.62. The van der Waals surface area contributed by atoms with E-state index in [1.54, 1.807) is 4.90 Å². The smallest absolute Gasteiger partial charge is 0.255 e. The highest BCUT2D eigenvalue weighted by molar-refractivity contribution is 7.99. The van der Waals surface area contributed by atoms with Crippen molar-refractivity contribution in [2.75, 3.05) is 38.6 Å². The predicted octanol–water partition coefficient (Wildman–Crippen LogP) is 2.82. The van der Waals surface area contributed by atoms with E-state index in [0.717, 1.165) is 37.6 Å². The van der Waals surface area contributed by atoms with Crippen LogP contribution in [0.4, 0.5) is 0 Å². The summed E-state index contributed by atoms with van der Waals surface area (Å²) in [5, 5.41) is 2.35. The molecule has 1 aromatic carbocycles. The Morgan fingerprint density at radius 2 is 1.81 bits per heavy atom. The van der Waals surface area contributed by atoms with Crippen molar-refractivity contribution in [3.8, 4) is 0 Å². The average molecular weight is 460 g/mol. The third kappa shape index (κ3) is 5.91. The van der Waals surface area contributed by atoms with Crippen LogP contribution < -0.4 is 5.32 Å². The second kappa shape index (κ2) is 11.3. The van der Waals surface area contributed by atoms with Crippen molar-refractivity contribution in [2.24, 2.45) is 0 Å². The zero-order valence-electron chi connectivity index (χ0n) is 18.6. The van der Waals surface area contributed by atoms with E-state index in [1.165, 1.54) is 43.5 Å². The highest BCUT2D eigenvalue weighted by atomic mass is 32.2. The standard InChI is InChI=1S/C24H33N3O4S/c28-22-9-8-21(23(29)25-22)27-17-18-16-19(6-7-20(18)24(27)30)32-15-5-3-1-2-4-10-26-11-13-31-14-12-26/h6-7,16,21H,1-5,8-15,17H2,(H,25,28,29). The van der Waals surface area contributed by atoms with Gasteiger partial charge < -0.3 is 9.64 Å². The fraction of sp³-hybridized carbons (Fsp3) is 0.625. The summed E-state index contributed by atoms with van der Waals surface area (Å²) in [4.78, 5) is 41.6. The minimum Gasteiger partial charge on any atom is -0.379 e. The van der Waals surface area contributed by atoms with Gasteiger partial charge >= 0.3 is 0 Å². The zero-order chi connectivity index (χ0) is 22.3. The molecule has 1 aromatic rings. The Labute approximate surface area is 194 Å². The van der Waals surface area contributed by atoms with Crippen LogP contribution in [0.2, 0.25) is 0 Å². The molecule has 3 amide bonds. The summed E-state index contributed by atoms with van der Waals surface area (Å²) in [7, 11) is 0. The molecular weight excluding hydrogens is 426 g/mol. The Morgan fingerprint density at radius 3 is 2.62 bits per heavy atom. The largest absolute Gasteiger partial charge is 0.379 e. The molecular formula is C24H33N3O4S. The molecule has 0 aromatic heterocycles. The lowest BCUT2D eigenvalue weighted by atomic mass is 10.0. The predicted molar refractivity (Wildman–Crippen MR) is 124 cm³/mol. The molecule has 3 aliphatic heterocycles. The molecule has 0 bridgehead atoms. The topological polar surface area (TPSA) is 79.0 Å². The maximum absolute atomic E-state index is 12.8. The molecule has 0 saturated carbocycles. The normalized spacial score (nSPS) is 21.7. The van der Waals surface area contributed by atoms with Crippen molar-refractivity contribution in [1.29, 1.82) is 0 Å². The Bertz CT molecular complexity index is 841. The molecule has 4 rings (SSSR count). The van der Waals surface area contributed by atoms with Crippen LogP contribution in [-0.4, -0.2) is 72.2 Å². The second-order valence-corrected chi connectivity index (χ2v) is 9.96. The molecule has 8 heteroatoms. The summed E-state index contributed by atoms with van der Waals surface area (Å²) in [6, 6.07) is 5.44. The van der Waals surface area contributed by atoms with Crippen molar-refractivity contribution in [2.45, 2.75) is 62.4 Å². The van der Waals surface area contributed by atoms with Gasteiger partial charge in [0.15, 0.2) is 0 Å².